The highest BCUT2D eigenvalue weighted by atomic mass is 35.5. The van der Waals surface area contributed by atoms with Gasteiger partial charge < -0.3 is 10.6 Å². The molecule has 1 aromatic heterocycles. The second kappa shape index (κ2) is 8.12. The number of benzene rings is 1. The quantitative estimate of drug-likeness (QED) is 0.764. The van der Waals surface area contributed by atoms with Crippen molar-refractivity contribution >= 4 is 29.1 Å². The van der Waals surface area contributed by atoms with E-state index in [1.807, 2.05) is 0 Å². The highest BCUT2D eigenvalue weighted by molar-refractivity contribution is 6.30. The fraction of sp³-hybridized carbons (Fsp3) is 0.389. The van der Waals surface area contributed by atoms with E-state index in [1.165, 1.54) is 6.07 Å². The number of nitrogens with zero attached hydrogens (tertiary/aromatic N) is 2. The summed E-state index contributed by atoms with van der Waals surface area (Å²) in [6.07, 6.45) is 0.637. The number of nitrogens with one attached hydrogen (secondary N) is 2. The van der Waals surface area contributed by atoms with Crippen LogP contribution in [0.1, 0.15) is 48.2 Å². The average molecular weight is 399 g/mol. The van der Waals surface area contributed by atoms with E-state index in [1.54, 1.807) is 18.2 Å². The van der Waals surface area contributed by atoms with Crippen molar-refractivity contribution in [1.82, 2.24) is 15.3 Å². The molecule has 0 unspecified atom stereocenters. The summed E-state index contributed by atoms with van der Waals surface area (Å²) in [6, 6.07) is 6.31. The lowest BCUT2D eigenvalue weighted by Crippen LogP contribution is -2.37. The van der Waals surface area contributed by atoms with Gasteiger partial charge in [0.1, 0.15) is 0 Å². The number of carbonyl (C=O) groups is 1. The lowest BCUT2D eigenvalue weighted by Gasteiger charge is -2.23. The molecule has 144 valence electrons. The fourth-order valence-electron chi connectivity index (χ4n) is 3.03. The number of alkyl halides is 3. The van der Waals surface area contributed by atoms with Gasteiger partial charge in [-0.2, -0.15) is 13.2 Å². The molecule has 1 amide bonds. The van der Waals surface area contributed by atoms with Crippen molar-refractivity contribution < 1.29 is 18.0 Å². The van der Waals surface area contributed by atoms with E-state index in [-0.39, 0.29) is 12.0 Å². The van der Waals surface area contributed by atoms with Crippen LogP contribution in [0.3, 0.4) is 0 Å². The molecule has 9 heteroatoms. The molecule has 1 aromatic carbocycles. The van der Waals surface area contributed by atoms with Crippen LogP contribution >= 0.6 is 11.6 Å². The van der Waals surface area contributed by atoms with E-state index in [4.69, 9.17) is 11.6 Å². The Labute approximate surface area is 159 Å². The third kappa shape index (κ3) is 5.09. The molecule has 1 saturated carbocycles. The number of halogens is 4. The summed E-state index contributed by atoms with van der Waals surface area (Å²) in [5.74, 6) is -1.07. The van der Waals surface area contributed by atoms with Crippen LogP contribution in [-0.4, -0.2) is 21.9 Å². The number of rotatable bonds is 4. The molecule has 2 aromatic rings. The van der Waals surface area contributed by atoms with Crippen molar-refractivity contribution in [1.29, 1.82) is 0 Å². The van der Waals surface area contributed by atoms with E-state index in [2.05, 4.69) is 20.6 Å². The predicted octanol–water partition coefficient (Wildman–Crippen LogP) is 4.95. The van der Waals surface area contributed by atoms with Crippen LogP contribution in [0.5, 0.6) is 0 Å². The van der Waals surface area contributed by atoms with Crippen LogP contribution in [0.2, 0.25) is 5.02 Å². The first kappa shape index (κ1) is 19.4. The first-order valence-corrected chi connectivity index (χ1v) is 8.98. The molecule has 2 N–H and O–H groups in total. The lowest BCUT2D eigenvalue weighted by molar-refractivity contribution is -0.141. The van der Waals surface area contributed by atoms with Gasteiger partial charge in [-0.05, 0) is 31.0 Å². The molecule has 1 aliphatic rings. The molecule has 27 heavy (non-hydrogen) atoms. The Kier molecular flexibility index (Phi) is 5.84. The molecule has 5 nitrogen and oxygen atoms in total. The van der Waals surface area contributed by atoms with Crippen LogP contribution < -0.4 is 10.6 Å². The van der Waals surface area contributed by atoms with Crippen molar-refractivity contribution in [3.05, 3.63) is 46.7 Å². The maximum Gasteiger partial charge on any atom is 0.434 e. The third-order valence-electron chi connectivity index (χ3n) is 4.32. The standard InChI is InChI=1S/C18H18ClF3N4O/c19-11-5-4-8-13(9-11)25-17-23-10-14(15(26-17)18(20,21)22)16(27)24-12-6-2-1-3-7-12/h4-5,8-10,12H,1-3,6-7H2,(H,24,27)(H,23,25,26). The monoisotopic (exact) mass is 398 g/mol. The van der Waals surface area contributed by atoms with Crippen LogP contribution in [0, 0.1) is 0 Å². The smallest absolute Gasteiger partial charge is 0.349 e. The number of carbonyl (C=O) groups excluding carboxylic acids is 1. The maximum atomic E-state index is 13.5. The number of anilines is 2. The van der Waals surface area contributed by atoms with Gasteiger partial charge in [0.05, 0.1) is 5.56 Å². The van der Waals surface area contributed by atoms with Gasteiger partial charge in [-0.25, -0.2) is 9.97 Å². The van der Waals surface area contributed by atoms with Gasteiger partial charge in [0.25, 0.3) is 5.91 Å². The summed E-state index contributed by atoms with van der Waals surface area (Å²) in [5.41, 5.74) is -1.41. The highest BCUT2D eigenvalue weighted by Gasteiger charge is 2.38. The Hall–Kier alpha value is -2.35. The zero-order chi connectivity index (χ0) is 19.4. The topological polar surface area (TPSA) is 66.9 Å². The lowest BCUT2D eigenvalue weighted by atomic mass is 9.95. The average Bonchev–Trinajstić information content (AvgIpc) is 2.62. The van der Waals surface area contributed by atoms with E-state index in [0.717, 1.165) is 38.3 Å². The molecule has 3 rings (SSSR count). The Bertz CT molecular complexity index is 822. The van der Waals surface area contributed by atoms with Crippen LogP contribution in [0.4, 0.5) is 24.8 Å². The summed E-state index contributed by atoms with van der Waals surface area (Å²) >= 11 is 5.86. The third-order valence-corrected chi connectivity index (χ3v) is 4.56. The van der Waals surface area contributed by atoms with Crippen molar-refractivity contribution in [3.63, 3.8) is 0 Å². The highest BCUT2D eigenvalue weighted by Crippen LogP contribution is 2.31. The van der Waals surface area contributed by atoms with Gasteiger partial charge in [0.15, 0.2) is 5.69 Å². The second-order valence-corrected chi connectivity index (χ2v) is 6.83. The molecule has 0 aliphatic heterocycles. The molecule has 0 spiro atoms. The summed E-state index contributed by atoms with van der Waals surface area (Å²) in [4.78, 5) is 19.8. The Morgan fingerprint density at radius 1 is 1.19 bits per heavy atom. The van der Waals surface area contributed by atoms with Crippen molar-refractivity contribution in [2.45, 2.75) is 44.3 Å². The molecular formula is C18H18ClF3N4O. The van der Waals surface area contributed by atoms with Gasteiger partial charge in [-0.3, -0.25) is 4.79 Å². The second-order valence-electron chi connectivity index (χ2n) is 6.40. The number of aromatic nitrogens is 2. The molecule has 0 radical (unpaired) electrons. The molecule has 1 heterocycles. The van der Waals surface area contributed by atoms with Gasteiger partial charge in [-0.1, -0.05) is 36.9 Å². The minimum atomic E-state index is -4.78. The summed E-state index contributed by atoms with van der Waals surface area (Å²) in [5, 5.41) is 5.75. The minimum Gasteiger partial charge on any atom is -0.349 e. The fourth-order valence-corrected chi connectivity index (χ4v) is 3.22. The molecule has 0 saturated heterocycles. The van der Waals surface area contributed by atoms with Crippen LogP contribution in [-0.2, 0) is 6.18 Å². The van der Waals surface area contributed by atoms with Gasteiger partial charge in [0.2, 0.25) is 5.95 Å². The zero-order valence-corrected chi connectivity index (χ0v) is 15.1. The van der Waals surface area contributed by atoms with Crippen molar-refractivity contribution in [2.75, 3.05) is 5.32 Å². The SMILES string of the molecule is O=C(NC1CCCCC1)c1cnc(Nc2cccc(Cl)c2)nc1C(F)(F)F. The molecule has 1 aliphatic carbocycles. The van der Waals surface area contributed by atoms with Crippen LogP contribution in [0.25, 0.3) is 0 Å². The van der Waals surface area contributed by atoms with Gasteiger partial charge >= 0.3 is 6.18 Å². The first-order chi connectivity index (χ1) is 12.8. The summed E-state index contributed by atoms with van der Waals surface area (Å²) in [7, 11) is 0. The van der Waals surface area contributed by atoms with Gasteiger partial charge in [-0.15, -0.1) is 0 Å². The Morgan fingerprint density at radius 3 is 2.59 bits per heavy atom. The molecule has 1 fully saturated rings. The summed E-state index contributed by atoms with van der Waals surface area (Å²) in [6.45, 7) is 0. The van der Waals surface area contributed by atoms with E-state index in [9.17, 15) is 18.0 Å². The molecular weight excluding hydrogens is 381 g/mol. The van der Waals surface area contributed by atoms with E-state index in [0.29, 0.717) is 10.7 Å². The van der Waals surface area contributed by atoms with Crippen molar-refractivity contribution in [2.24, 2.45) is 0 Å². The maximum absolute atomic E-state index is 13.5. The number of hydrogen-bond donors (Lipinski definition) is 2. The zero-order valence-electron chi connectivity index (χ0n) is 14.3. The molecule has 0 bridgehead atoms. The largest absolute Gasteiger partial charge is 0.434 e. The first-order valence-electron chi connectivity index (χ1n) is 8.60. The van der Waals surface area contributed by atoms with E-state index >= 15 is 0 Å². The Morgan fingerprint density at radius 2 is 1.93 bits per heavy atom. The van der Waals surface area contributed by atoms with Crippen molar-refractivity contribution in [3.8, 4) is 0 Å². The minimum absolute atomic E-state index is 0.114. The number of hydrogen-bond acceptors (Lipinski definition) is 4. The number of amides is 1. The normalized spacial score (nSPS) is 15.4. The predicted molar refractivity (Wildman–Crippen MR) is 96.1 cm³/mol. The van der Waals surface area contributed by atoms with Crippen LogP contribution in [0.15, 0.2) is 30.5 Å². The summed E-state index contributed by atoms with van der Waals surface area (Å²) < 4.78 is 40.4. The van der Waals surface area contributed by atoms with Gasteiger partial charge in [0, 0.05) is 22.9 Å². The Balaban J connectivity index is 1.84. The van der Waals surface area contributed by atoms with E-state index < -0.39 is 23.3 Å². The molecule has 0 atom stereocenters.